The summed E-state index contributed by atoms with van der Waals surface area (Å²) in [7, 11) is 1.85. The zero-order chi connectivity index (χ0) is 14.1. The van der Waals surface area contributed by atoms with Crippen molar-refractivity contribution in [1.29, 1.82) is 0 Å². The number of carbonyl (C=O) groups excluding carboxylic acids is 1. The number of rotatable bonds is 9. The first kappa shape index (κ1) is 15.2. The van der Waals surface area contributed by atoms with Crippen LogP contribution in [0.4, 0.5) is 0 Å². The monoisotopic (exact) mass is 267 g/mol. The molecule has 0 atom stereocenters. The predicted molar refractivity (Wildman–Crippen MR) is 70.6 cm³/mol. The van der Waals surface area contributed by atoms with E-state index in [1.165, 1.54) is 0 Å². The molecule has 0 aliphatic carbocycles. The molecule has 6 nitrogen and oxygen atoms in total. The molecule has 19 heavy (non-hydrogen) atoms. The van der Waals surface area contributed by atoms with Crippen molar-refractivity contribution in [3.8, 4) is 0 Å². The molecule has 0 aliphatic rings. The summed E-state index contributed by atoms with van der Waals surface area (Å²) in [5, 5.41) is 15.3. The van der Waals surface area contributed by atoms with E-state index in [0.717, 1.165) is 18.4 Å². The predicted octanol–water partition coefficient (Wildman–Crippen LogP) is 1.11. The van der Waals surface area contributed by atoms with E-state index in [1.807, 2.05) is 13.2 Å². The zero-order valence-corrected chi connectivity index (χ0v) is 11.3. The van der Waals surface area contributed by atoms with E-state index in [9.17, 15) is 9.59 Å². The van der Waals surface area contributed by atoms with Crippen LogP contribution < -0.4 is 5.32 Å². The Labute approximate surface area is 112 Å². The summed E-state index contributed by atoms with van der Waals surface area (Å²) < 4.78 is 1.72. The van der Waals surface area contributed by atoms with Gasteiger partial charge in [-0.1, -0.05) is 6.42 Å². The van der Waals surface area contributed by atoms with Crippen molar-refractivity contribution in [1.82, 2.24) is 15.1 Å². The van der Waals surface area contributed by atoms with Gasteiger partial charge in [0.05, 0.1) is 6.20 Å². The molecule has 0 aromatic carbocycles. The molecule has 106 valence electrons. The van der Waals surface area contributed by atoms with Crippen molar-refractivity contribution < 1.29 is 14.7 Å². The molecule has 1 heterocycles. The van der Waals surface area contributed by atoms with E-state index in [1.54, 1.807) is 10.9 Å². The Bertz CT molecular complexity index is 415. The molecule has 1 amide bonds. The summed E-state index contributed by atoms with van der Waals surface area (Å²) in [5.41, 5.74) is 1.05. The van der Waals surface area contributed by atoms with Gasteiger partial charge in [0.25, 0.3) is 0 Å². The van der Waals surface area contributed by atoms with Gasteiger partial charge in [-0.25, -0.2) is 0 Å². The molecule has 1 aromatic rings. The van der Waals surface area contributed by atoms with Crippen molar-refractivity contribution in [3.05, 3.63) is 18.0 Å². The second-order valence-corrected chi connectivity index (χ2v) is 4.58. The van der Waals surface area contributed by atoms with Gasteiger partial charge in [-0.3, -0.25) is 14.3 Å². The third kappa shape index (κ3) is 7.23. The number of aliphatic carboxylic acids is 1. The van der Waals surface area contributed by atoms with Crippen LogP contribution in [0.1, 0.15) is 37.7 Å². The SMILES string of the molecule is Cn1cc(CCC(=O)NCCCCCC(=O)O)cn1. The molecule has 0 spiro atoms. The van der Waals surface area contributed by atoms with Crippen molar-refractivity contribution in [2.45, 2.75) is 38.5 Å². The van der Waals surface area contributed by atoms with Crippen molar-refractivity contribution in [3.63, 3.8) is 0 Å². The van der Waals surface area contributed by atoms with E-state index in [4.69, 9.17) is 5.11 Å². The van der Waals surface area contributed by atoms with Crippen molar-refractivity contribution >= 4 is 11.9 Å². The van der Waals surface area contributed by atoms with Crippen molar-refractivity contribution in [2.24, 2.45) is 7.05 Å². The first-order valence-electron chi connectivity index (χ1n) is 6.54. The number of carbonyl (C=O) groups is 2. The topological polar surface area (TPSA) is 84.2 Å². The van der Waals surface area contributed by atoms with E-state index in [2.05, 4.69) is 10.4 Å². The third-order valence-corrected chi connectivity index (χ3v) is 2.79. The number of amides is 1. The summed E-state index contributed by atoms with van der Waals surface area (Å²) in [4.78, 5) is 21.8. The fraction of sp³-hybridized carbons (Fsp3) is 0.615. The maximum atomic E-state index is 11.5. The first-order chi connectivity index (χ1) is 9.08. The maximum absolute atomic E-state index is 11.5. The van der Waals surface area contributed by atoms with Crippen LogP contribution in [-0.2, 0) is 23.1 Å². The molecule has 0 aliphatic heterocycles. The van der Waals surface area contributed by atoms with Gasteiger partial charge in [0.15, 0.2) is 0 Å². The van der Waals surface area contributed by atoms with Crippen LogP contribution in [0.3, 0.4) is 0 Å². The second-order valence-electron chi connectivity index (χ2n) is 4.58. The molecular weight excluding hydrogens is 246 g/mol. The standard InChI is InChI=1S/C13H21N3O3/c1-16-10-11(9-15-16)6-7-12(17)14-8-4-2-3-5-13(18)19/h9-10H,2-8H2,1H3,(H,14,17)(H,18,19). The van der Waals surface area contributed by atoms with E-state index in [0.29, 0.717) is 25.8 Å². The first-order valence-corrected chi connectivity index (χ1v) is 6.54. The number of carboxylic acids is 1. The molecule has 0 bridgehead atoms. The summed E-state index contributed by atoms with van der Waals surface area (Å²) in [5.74, 6) is -0.734. The molecule has 1 rings (SSSR count). The van der Waals surface area contributed by atoms with Crippen LogP contribution in [0.2, 0.25) is 0 Å². The Hall–Kier alpha value is -1.85. The van der Waals surface area contributed by atoms with Crippen LogP contribution in [0.25, 0.3) is 0 Å². The number of aromatic nitrogens is 2. The number of hydrogen-bond donors (Lipinski definition) is 2. The highest BCUT2D eigenvalue weighted by atomic mass is 16.4. The number of hydrogen-bond acceptors (Lipinski definition) is 3. The Morgan fingerprint density at radius 1 is 1.32 bits per heavy atom. The number of nitrogens with one attached hydrogen (secondary N) is 1. The van der Waals surface area contributed by atoms with Gasteiger partial charge in [0.1, 0.15) is 0 Å². The molecule has 0 saturated carbocycles. The fourth-order valence-corrected chi connectivity index (χ4v) is 1.75. The average Bonchev–Trinajstić information content (AvgIpc) is 2.76. The molecule has 6 heteroatoms. The lowest BCUT2D eigenvalue weighted by Gasteiger charge is -2.04. The summed E-state index contributed by atoms with van der Waals surface area (Å²) in [6.07, 6.45) is 7.34. The molecule has 1 aromatic heterocycles. The minimum Gasteiger partial charge on any atom is -0.481 e. The Kier molecular flexibility index (Phi) is 6.63. The number of carboxylic acid groups (broad SMARTS) is 1. The molecular formula is C13H21N3O3. The van der Waals surface area contributed by atoms with Gasteiger partial charge >= 0.3 is 5.97 Å². The van der Waals surface area contributed by atoms with Crippen LogP contribution in [-0.4, -0.2) is 33.3 Å². The normalized spacial score (nSPS) is 10.4. The minimum absolute atomic E-state index is 0.0297. The number of aryl methyl sites for hydroxylation is 2. The van der Waals surface area contributed by atoms with Gasteiger partial charge < -0.3 is 10.4 Å². The highest BCUT2D eigenvalue weighted by Crippen LogP contribution is 2.01. The highest BCUT2D eigenvalue weighted by Gasteiger charge is 2.03. The van der Waals surface area contributed by atoms with E-state index in [-0.39, 0.29) is 12.3 Å². The summed E-state index contributed by atoms with van der Waals surface area (Å²) >= 11 is 0. The fourth-order valence-electron chi connectivity index (χ4n) is 1.75. The van der Waals surface area contributed by atoms with Crippen molar-refractivity contribution in [2.75, 3.05) is 6.54 Å². The van der Waals surface area contributed by atoms with E-state index < -0.39 is 5.97 Å². The smallest absolute Gasteiger partial charge is 0.303 e. The average molecular weight is 267 g/mol. The third-order valence-electron chi connectivity index (χ3n) is 2.79. The summed E-state index contributed by atoms with van der Waals surface area (Å²) in [6, 6.07) is 0. The van der Waals surface area contributed by atoms with Gasteiger partial charge in [0.2, 0.25) is 5.91 Å². The molecule has 0 saturated heterocycles. The lowest BCUT2D eigenvalue weighted by molar-refractivity contribution is -0.137. The molecule has 0 fully saturated rings. The zero-order valence-electron chi connectivity index (χ0n) is 11.3. The largest absolute Gasteiger partial charge is 0.481 e. The molecule has 0 radical (unpaired) electrons. The Morgan fingerprint density at radius 2 is 2.11 bits per heavy atom. The summed E-state index contributed by atoms with van der Waals surface area (Å²) in [6.45, 7) is 0.617. The van der Waals surface area contributed by atoms with Gasteiger partial charge in [-0.15, -0.1) is 0 Å². The van der Waals surface area contributed by atoms with Gasteiger partial charge in [-0.05, 0) is 24.8 Å². The van der Waals surface area contributed by atoms with Gasteiger partial charge in [-0.2, -0.15) is 5.10 Å². The van der Waals surface area contributed by atoms with Gasteiger partial charge in [0, 0.05) is 32.6 Å². The minimum atomic E-state index is -0.763. The second kappa shape index (κ2) is 8.29. The van der Waals surface area contributed by atoms with E-state index >= 15 is 0 Å². The highest BCUT2D eigenvalue weighted by molar-refractivity contribution is 5.76. The lowest BCUT2D eigenvalue weighted by atomic mass is 10.2. The maximum Gasteiger partial charge on any atom is 0.303 e. The quantitative estimate of drug-likeness (QED) is 0.656. The van der Waals surface area contributed by atoms with Crippen LogP contribution in [0.5, 0.6) is 0 Å². The van der Waals surface area contributed by atoms with Crippen LogP contribution in [0, 0.1) is 0 Å². The number of unbranched alkanes of at least 4 members (excludes halogenated alkanes) is 2. The van der Waals surface area contributed by atoms with Crippen LogP contribution >= 0.6 is 0 Å². The Morgan fingerprint density at radius 3 is 2.74 bits per heavy atom. The number of nitrogens with zero attached hydrogens (tertiary/aromatic N) is 2. The lowest BCUT2D eigenvalue weighted by Crippen LogP contribution is -2.24. The Balaban J connectivity index is 2.00. The van der Waals surface area contributed by atoms with Crippen LogP contribution in [0.15, 0.2) is 12.4 Å². The molecule has 2 N–H and O–H groups in total. The molecule has 0 unspecified atom stereocenters.